The van der Waals surface area contributed by atoms with Gasteiger partial charge >= 0.3 is 0 Å². The number of aliphatic imine (C=N–C) groups is 1. The number of likely N-dealkylation sites (tertiary alicyclic amines) is 1. The summed E-state index contributed by atoms with van der Waals surface area (Å²) in [5.41, 5.74) is 1.44. The Morgan fingerprint density at radius 3 is 2.88 bits per heavy atom. The Balaban J connectivity index is 0.00000225. The van der Waals surface area contributed by atoms with E-state index in [0.29, 0.717) is 5.92 Å². The lowest BCUT2D eigenvalue weighted by Crippen LogP contribution is -2.40. The van der Waals surface area contributed by atoms with Crippen LogP contribution in [0.4, 0.5) is 0 Å². The number of rotatable bonds is 6. The molecule has 0 spiro atoms. The van der Waals surface area contributed by atoms with Crippen molar-refractivity contribution in [2.45, 2.75) is 26.3 Å². The number of hydrogen-bond donors (Lipinski definition) is 1. The number of aromatic nitrogens is 2. The number of nitrogens with zero attached hydrogens (tertiary/aromatic N) is 4. The van der Waals surface area contributed by atoms with Crippen LogP contribution in [0.2, 0.25) is 0 Å². The van der Waals surface area contributed by atoms with Crippen molar-refractivity contribution < 1.29 is 0 Å². The Morgan fingerprint density at radius 2 is 2.16 bits per heavy atom. The first-order chi connectivity index (χ1) is 11.8. The number of benzene rings is 1. The topological polar surface area (TPSA) is 45.5 Å². The van der Waals surface area contributed by atoms with Crippen LogP contribution in [0.15, 0.2) is 54.0 Å². The predicted molar refractivity (Wildman–Crippen MR) is 113 cm³/mol. The minimum atomic E-state index is 0. The summed E-state index contributed by atoms with van der Waals surface area (Å²) in [6.45, 7) is 6.86. The largest absolute Gasteiger partial charge is 0.357 e. The van der Waals surface area contributed by atoms with E-state index in [4.69, 9.17) is 4.99 Å². The van der Waals surface area contributed by atoms with Crippen molar-refractivity contribution >= 4 is 29.9 Å². The van der Waals surface area contributed by atoms with E-state index < -0.39 is 0 Å². The van der Waals surface area contributed by atoms with Gasteiger partial charge in [-0.3, -0.25) is 4.99 Å². The molecule has 1 atom stereocenters. The van der Waals surface area contributed by atoms with Crippen molar-refractivity contribution in [1.82, 2.24) is 19.8 Å². The van der Waals surface area contributed by atoms with Crippen LogP contribution in [0.25, 0.3) is 0 Å². The molecule has 1 aromatic heterocycles. The summed E-state index contributed by atoms with van der Waals surface area (Å²) in [7, 11) is 0. The van der Waals surface area contributed by atoms with E-state index in [0.717, 1.165) is 45.1 Å². The first-order valence-electron chi connectivity index (χ1n) is 8.88. The minimum absolute atomic E-state index is 0. The van der Waals surface area contributed by atoms with Gasteiger partial charge in [0, 0.05) is 38.6 Å². The molecule has 2 aromatic rings. The Hall–Kier alpha value is -1.57. The molecule has 0 radical (unpaired) electrons. The summed E-state index contributed by atoms with van der Waals surface area (Å²) in [5, 5.41) is 3.44. The highest BCUT2D eigenvalue weighted by atomic mass is 127. The second-order valence-corrected chi connectivity index (χ2v) is 6.33. The number of hydrogen-bond acceptors (Lipinski definition) is 2. The summed E-state index contributed by atoms with van der Waals surface area (Å²) >= 11 is 0. The van der Waals surface area contributed by atoms with Crippen molar-refractivity contribution in [3.63, 3.8) is 0 Å². The van der Waals surface area contributed by atoms with Crippen LogP contribution in [0.3, 0.4) is 0 Å². The third-order valence-electron chi connectivity index (χ3n) is 4.47. The average molecular weight is 453 g/mol. The van der Waals surface area contributed by atoms with Gasteiger partial charge in [0.1, 0.15) is 0 Å². The second-order valence-electron chi connectivity index (χ2n) is 6.33. The highest BCUT2D eigenvalue weighted by molar-refractivity contribution is 14.0. The maximum Gasteiger partial charge on any atom is 0.193 e. The first kappa shape index (κ1) is 19.8. The number of halogens is 1. The fourth-order valence-corrected chi connectivity index (χ4v) is 3.26. The van der Waals surface area contributed by atoms with Crippen molar-refractivity contribution in [2.24, 2.45) is 10.9 Å². The third kappa shape index (κ3) is 6.02. The monoisotopic (exact) mass is 453 g/mol. The third-order valence-corrected chi connectivity index (χ3v) is 4.47. The zero-order valence-electron chi connectivity index (χ0n) is 14.8. The molecule has 1 fully saturated rings. The lowest BCUT2D eigenvalue weighted by atomic mass is 9.99. The minimum Gasteiger partial charge on any atom is -0.357 e. The number of guanidine groups is 1. The summed E-state index contributed by atoms with van der Waals surface area (Å²) < 4.78 is 2.06. The Labute approximate surface area is 167 Å². The predicted octanol–water partition coefficient (Wildman–Crippen LogP) is 3.03. The Morgan fingerprint density at radius 1 is 1.32 bits per heavy atom. The lowest BCUT2D eigenvalue weighted by molar-refractivity contribution is 0.459. The molecule has 136 valence electrons. The van der Waals surface area contributed by atoms with E-state index in [1.807, 2.05) is 18.7 Å². The van der Waals surface area contributed by atoms with Gasteiger partial charge in [-0.15, -0.1) is 24.0 Å². The van der Waals surface area contributed by atoms with Crippen molar-refractivity contribution in [3.05, 3.63) is 54.6 Å². The van der Waals surface area contributed by atoms with Gasteiger partial charge in [0.15, 0.2) is 5.96 Å². The highest BCUT2D eigenvalue weighted by Gasteiger charge is 2.24. The van der Waals surface area contributed by atoms with Gasteiger partial charge in [-0.25, -0.2) is 4.98 Å². The van der Waals surface area contributed by atoms with Gasteiger partial charge in [-0.05, 0) is 31.2 Å². The second kappa shape index (κ2) is 10.4. The average Bonchev–Trinajstić information content (AvgIpc) is 3.27. The van der Waals surface area contributed by atoms with E-state index in [2.05, 4.69) is 57.0 Å². The van der Waals surface area contributed by atoms with Gasteiger partial charge in [0.2, 0.25) is 0 Å². The van der Waals surface area contributed by atoms with Gasteiger partial charge in [-0.2, -0.15) is 0 Å². The molecule has 3 rings (SSSR count). The van der Waals surface area contributed by atoms with Crippen LogP contribution in [0.1, 0.15) is 18.9 Å². The zero-order chi connectivity index (χ0) is 16.6. The van der Waals surface area contributed by atoms with E-state index in [1.54, 1.807) is 0 Å². The first-order valence-corrected chi connectivity index (χ1v) is 8.88. The summed E-state index contributed by atoms with van der Waals surface area (Å²) in [5.74, 6) is 1.76. The molecule has 2 heterocycles. The maximum atomic E-state index is 4.79. The van der Waals surface area contributed by atoms with Gasteiger partial charge in [0.05, 0.1) is 12.9 Å². The summed E-state index contributed by atoms with van der Waals surface area (Å²) in [4.78, 5) is 11.3. The van der Waals surface area contributed by atoms with Gasteiger partial charge in [0.25, 0.3) is 0 Å². The smallest absolute Gasteiger partial charge is 0.193 e. The zero-order valence-corrected chi connectivity index (χ0v) is 17.2. The molecule has 6 heteroatoms. The van der Waals surface area contributed by atoms with Gasteiger partial charge < -0.3 is 14.8 Å². The van der Waals surface area contributed by atoms with Crippen LogP contribution in [-0.4, -0.2) is 46.6 Å². The molecule has 1 aliphatic heterocycles. The fraction of sp³-hybridized carbons (Fsp3) is 0.474. The molecule has 1 aliphatic rings. The molecule has 0 aliphatic carbocycles. The molecule has 0 bridgehead atoms. The van der Waals surface area contributed by atoms with Crippen LogP contribution < -0.4 is 5.32 Å². The van der Waals surface area contributed by atoms with Crippen LogP contribution in [0, 0.1) is 5.92 Å². The van der Waals surface area contributed by atoms with Gasteiger partial charge in [-0.1, -0.05) is 30.3 Å². The molecule has 1 N–H and O–H groups in total. The fourth-order valence-electron chi connectivity index (χ4n) is 3.26. The van der Waals surface area contributed by atoms with Crippen molar-refractivity contribution in [3.8, 4) is 0 Å². The Bertz CT molecular complexity index is 627. The number of nitrogens with one attached hydrogen (secondary N) is 1. The molecule has 1 unspecified atom stereocenters. The summed E-state index contributed by atoms with van der Waals surface area (Å²) in [6, 6.07) is 10.8. The molecule has 1 saturated heterocycles. The van der Waals surface area contributed by atoms with Crippen LogP contribution in [0.5, 0.6) is 0 Å². The number of imidazole rings is 1. The molecule has 25 heavy (non-hydrogen) atoms. The lowest BCUT2D eigenvalue weighted by Gasteiger charge is -2.21. The molecular formula is C19H28IN5. The van der Waals surface area contributed by atoms with E-state index in [1.165, 1.54) is 12.0 Å². The molecule has 5 nitrogen and oxygen atoms in total. The highest BCUT2D eigenvalue weighted by Crippen LogP contribution is 2.20. The molecule has 1 aromatic carbocycles. The normalized spacial score (nSPS) is 17.4. The molecule has 0 saturated carbocycles. The van der Waals surface area contributed by atoms with E-state index in [-0.39, 0.29) is 24.0 Å². The van der Waals surface area contributed by atoms with Crippen molar-refractivity contribution in [1.29, 1.82) is 0 Å². The van der Waals surface area contributed by atoms with E-state index >= 15 is 0 Å². The van der Waals surface area contributed by atoms with Crippen LogP contribution in [-0.2, 0) is 13.0 Å². The summed E-state index contributed by atoms with van der Waals surface area (Å²) in [6.07, 6.45) is 8.03. The van der Waals surface area contributed by atoms with E-state index in [9.17, 15) is 0 Å². The Kier molecular flexibility index (Phi) is 8.24. The molecular weight excluding hydrogens is 425 g/mol. The molecule has 0 amide bonds. The quantitative estimate of drug-likeness (QED) is 0.416. The SMILES string of the molecule is CCNC(=NCCn1ccnc1)N1CCC(Cc2ccccc2)C1.I. The standard InChI is InChI=1S/C19H27N5.HI/c1-2-21-19(22-10-13-23-12-9-20-16-23)24-11-8-18(15-24)14-17-6-4-3-5-7-17;/h3-7,9,12,16,18H,2,8,10-11,13-15H2,1H3,(H,21,22);1H. The maximum absolute atomic E-state index is 4.79. The van der Waals surface area contributed by atoms with Crippen LogP contribution >= 0.6 is 24.0 Å². The van der Waals surface area contributed by atoms with Crippen molar-refractivity contribution in [2.75, 3.05) is 26.2 Å².